The van der Waals surface area contributed by atoms with Crippen molar-refractivity contribution < 1.29 is 14.3 Å². The Morgan fingerprint density at radius 3 is 2.50 bits per heavy atom. The number of esters is 1. The van der Waals surface area contributed by atoms with E-state index in [9.17, 15) is 9.59 Å². The van der Waals surface area contributed by atoms with Crippen molar-refractivity contribution in [3.05, 3.63) is 58.9 Å². The number of anilines is 1. The van der Waals surface area contributed by atoms with Crippen molar-refractivity contribution in [2.24, 2.45) is 0 Å². The van der Waals surface area contributed by atoms with E-state index in [1.165, 1.54) is 12.1 Å². The highest BCUT2D eigenvalue weighted by atomic mass is 35.5. The second kappa shape index (κ2) is 7.04. The van der Waals surface area contributed by atoms with Gasteiger partial charge < -0.3 is 10.1 Å². The summed E-state index contributed by atoms with van der Waals surface area (Å²) in [6.45, 7) is 3.49. The number of carbonyl (C=O) groups excluding carboxylic acids is 2. The zero-order chi connectivity index (χ0) is 16.1. The van der Waals surface area contributed by atoms with Gasteiger partial charge in [-0.15, -0.1) is 0 Å². The summed E-state index contributed by atoms with van der Waals surface area (Å²) in [6.07, 6.45) is -0.252. The van der Waals surface area contributed by atoms with Crippen LogP contribution in [-0.4, -0.2) is 23.0 Å². The van der Waals surface area contributed by atoms with Crippen molar-refractivity contribution in [1.29, 1.82) is 0 Å². The third-order valence-electron chi connectivity index (χ3n) is 2.62. The maximum Gasteiger partial charge on any atom is 0.357 e. The van der Waals surface area contributed by atoms with Crippen LogP contribution in [0.15, 0.2) is 42.5 Å². The normalized spacial score (nSPS) is 10.4. The van der Waals surface area contributed by atoms with Crippen LogP contribution in [-0.2, 0) is 4.74 Å². The highest BCUT2D eigenvalue weighted by Gasteiger charge is 2.14. The van der Waals surface area contributed by atoms with Crippen molar-refractivity contribution in [2.75, 3.05) is 5.32 Å². The van der Waals surface area contributed by atoms with Crippen LogP contribution in [0.5, 0.6) is 0 Å². The summed E-state index contributed by atoms with van der Waals surface area (Å²) in [7, 11) is 0. The Balaban J connectivity index is 2.15. The second-order valence-corrected chi connectivity index (χ2v) is 5.26. The molecule has 5 nitrogen and oxygen atoms in total. The smallest absolute Gasteiger partial charge is 0.357 e. The van der Waals surface area contributed by atoms with E-state index < -0.39 is 11.9 Å². The highest BCUT2D eigenvalue weighted by Crippen LogP contribution is 2.15. The molecular weight excluding hydrogens is 304 g/mol. The van der Waals surface area contributed by atoms with Gasteiger partial charge in [-0.2, -0.15) is 0 Å². The molecule has 0 bridgehead atoms. The fraction of sp³-hybridized carbons (Fsp3) is 0.188. The third kappa shape index (κ3) is 4.30. The number of hydrogen-bond donors (Lipinski definition) is 1. The number of pyridine rings is 1. The number of nitrogens with zero attached hydrogens (tertiary/aromatic N) is 1. The highest BCUT2D eigenvalue weighted by molar-refractivity contribution is 6.30. The Bertz CT molecular complexity index is 701. The van der Waals surface area contributed by atoms with E-state index in [1.807, 2.05) is 0 Å². The Morgan fingerprint density at radius 2 is 1.82 bits per heavy atom. The van der Waals surface area contributed by atoms with Crippen molar-refractivity contribution in [1.82, 2.24) is 4.98 Å². The van der Waals surface area contributed by atoms with Gasteiger partial charge in [-0.05, 0) is 44.2 Å². The van der Waals surface area contributed by atoms with Gasteiger partial charge in [-0.3, -0.25) is 4.79 Å². The van der Waals surface area contributed by atoms with Gasteiger partial charge >= 0.3 is 5.97 Å². The van der Waals surface area contributed by atoms with E-state index in [4.69, 9.17) is 16.3 Å². The molecule has 1 aromatic heterocycles. The van der Waals surface area contributed by atoms with E-state index in [1.54, 1.807) is 44.2 Å². The van der Waals surface area contributed by atoms with Gasteiger partial charge in [0, 0.05) is 10.7 Å². The minimum absolute atomic E-state index is 0.0902. The van der Waals surface area contributed by atoms with Crippen molar-refractivity contribution in [2.45, 2.75) is 20.0 Å². The third-order valence-corrected chi connectivity index (χ3v) is 2.85. The first-order chi connectivity index (χ1) is 10.5. The van der Waals surface area contributed by atoms with Crippen LogP contribution in [0.1, 0.15) is 34.8 Å². The lowest BCUT2D eigenvalue weighted by molar-refractivity contribution is 0.0371. The molecule has 1 heterocycles. The average Bonchev–Trinajstić information content (AvgIpc) is 2.46. The largest absolute Gasteiger partial charge is 0.458 e. The summed E-state index contributed by atoms with van der Waals surface area (Å²) >= 11 is 5.86. The number of nitrogens with one attached hydrogen (secondary N) is 1. The predicted molar refractivity (Wildman–Crippen MR) is 84.2 cm³/mol. The van der Waals surface area contributed by atoms with Crippen LogP contribution < -0.4 is 5.32 Å². The lowest BCUT2D eigenvalue weighted by Gasteiger charge is -2.08. The fourth-order valence-corrected chi connectivity index (χ4v) is 1.90. The van der Waals surface area contributed by atoms with E-state index in [0.29, 0.717) is 10.7 Å². The summed E-state index contributed by atoms with van der Waals surface area (Å²) in [4.78, 5) is 28.0. The molecule has 1 amide bonds. The minimum Gasteiger partial charge on any atom is -0.458 e. The Kier molecular flexibility index (Phi) is 5.12. The van der Waals surface area contributed by atoms with Gasteiger partial charge in [0.2, 0.25) is 0 Å². The number of rotatable bonds is 4. The molecule has 0 saturated carbocycles. The van der Waals surface area contributed by atoms with Gasteiger partial charge in [0.25, 0.3) is 5.91 Å². The number of amides is 1. The molecule has 22 heavy (non-hydrogen) atoms. The van der Waals surface area contributed by atoms with Crippen molar-refractivity contribution in [3.63, 3.8) is 0 Å². The van der Waals surface area contributed by atoms with E-state index in [0.717, 1.165) is 0 Å². The minimum atomic E-state index is -0.563. The molecule has 0 fully saturated rings. The molecule has 0 aliphatic heterocycles. The molecule has 6 heteroatoms. The fourth-order valence-electron chi connectivity index (χ4n) is 1.71. The van der Waals surface area contributed by atoms with Gasteiger partial charge in [-0.25, -0.2) is 9.78 Å². The van der Waals surface area contributed by atoms with Crippen molar-refractivity contribution >= 4 is 29.2 Å². The quantitative estimate of drug-likeness (QED) is 0.875. The van der Waals surface area contributed by atoms with Crippen LogP contribution in [0.4, 0.5) is 5.69 Å². The molecule has 0 spiro atoms. The van der Waals surface area contributed by atoms with Crippen molar-refractivity contribution in [3.8, 4) is 0 Å². The predicted octanol–water partition coefficient (Wildman–Crippen LogP) is 3.55. The molecule has 0 unspecified atom stereocenters. The zero-order valence-electron chi connectivity index (χ0n) is 12.2. The van der Waals surface area contributed by atoms with Crippen LogP contribution in [0.3, 0.4) is 0 Å². The summed E-state index contributed by atoms with van der Waals surface area (Å²) in [5, 5.41) is 3.18. The number of benzene rings is 1. The standard InChI is InChI=1S/C16H15ClN2O3/c1-10(2)22-16(21)14-8-4-7-13(19-14)15(20)18-12-6-3-5-11(17)9-12/h3-10H,1-2H3,(H,18,20). The average molecular weight is 319 g/mol. The topological polar surface area (TPSA) is 68.3 Å². The van der Waals surface area contributed by atoms with Gasteiger partial charge in [0.1, 0.15) is 11.4 Å². The van der Waals surface area contributed by atoms with E-state index >= 15 is 0 Å². The Labute approximate surface area is 133 Å². The first-order valence-electron chi connectivity index (χ1n) is 6.70. The maximum absolute atomic E-state index is 12.2. The van der Waals surface area contributed by atoms with Gasteiger partial charge in [0.05, 0.1) is 6.10 Å². The van der Waals surface area contributed by atoms with Gasteiger partial charge in [-0.1, -0.05) is 23.7 Å². The number of aromatic nitrogens is 1. The van der Waals surface area contributed by atoms with E-state index in [2.05, 4.69) is 10.3 Å². The molecule has 1 aromatic carbocycles. The molecule has 2 rings (SSSR count). The molecule has 0 aliphatic rings. The molecule has 0 saturated heterocycles. The monoisotopic (exact) mass is 318 g/mol. The lowest BCUT2D eigenvalue weighted by atomic mass is 10.2. The summed E-state index contributed by atoms with van der Waals surface area (Å²) in [6, 6.07) is 11.4. The van der Waals surface area contributed by atoms with Crippen LogP contribution >= 0.6 is 11.6 Å². The zero-order valence-corrected chi connectivity index (χ0v) is 12.9. The Morgan fingerprint density at radius 1 is 1.14 bits per heavy atom. The molecule has 2 aromatic rings. The second-order valence-electron chi connectivity index (χ2n) is 4.83. The lowest BCUT2D eigenvalue weighted by Crippen LogP contribution is -2.17. The van der Waals surface area contributed by atoms with Crippen LogP contribution in [0.25, 0.3) is 0 Å². The molecule has 0 aliphatic carbocycles. The summed E-state index contributed by atoms with van der Waals surface area (Å²) < 4.78 is 5.05. The van der Waals surface area contributed by atoms with Crippen LogP contribution in [0.2, 0.25) is 5.02 Å². The summed E-state index contributed by atoms with van der Waals surface area (Å²) in [5.74, 6) is -0.992. The van der Waals surface area contributed by atoms with Gasteiger partial charge in [0.15, 0.2) is 0 Å². The van der Waals surface area contributed by atoms with Crippen LogP contribution in [0, 0.1) is 0 Å². The molecule has 0 radical (unpaired) electrons. The maximum atomic E-state index is 12.2. The molecule has 0 atom stereocenters. The molecule has 1 N–H and O–H groups in total. The molecule has 114 valence electrons. The molecular formula is C16H15ClN2O3. The first-order valence-corrected chi connectivity index (χ1v) is 7.08. The number of ether oxygens (including phenoxy) is 1. The Hall–Kier alpha value is -2.40. The number of carbonyl (C=O) groups is 2. The SMILES string of the molecule is CC(C)OC(=O)c1cccc(C(=O)Nc2cccc(Cl)c2)n1. The first kappa shape index (κ1) is 16.0. The van der Waals surface area contributed by atoms with E-state index in [-0.39, 0.29) is 17.5 Å². The number of halogens is 1. The summed E-state index contributed by atoms with van der Waals surface area (Å²) in [5.41, 5.74) is 0.764. The number of hydrogen-bond acceptors (Lipinski definition) is 4.